The summed E-state index contributed by atoms with van der Waals surface area (Å²) >= 11 is 5.98. The molecular formula is C19H15ClFN3O2. The maximum Gasteiger partial charge on any atom is 0.164 e. The minimum atomic E-state index is -0.474. The van der Waals surface area contributed by atoms with Crippen LogP contribution >= 0.6 is 11.6 Å². The number of methoxy groups -OCH3 is 2. The molecule has 0 spiro atoms. The standard InChI is InChI=1S/C19H15ClFN3O2/c1-9-16-11(7-15(25-2)18(9)26-3)17(23-19-12(16)8-22-24-19)10-4-5-14(21)13(20)6-10/h4-8H,1-3H3,(H,22,23,24). The molecule has 2 heterocycles. The maximum atomic E-state index is 13.6. The normalized spacial score (nSPS) is 11.3. The largest absolute Gasteiger partial charge is 0.493 e. The molecule has 4 rings (SSSR count). The number of hydrogen-bond donors (Lipinski definition) is 1. The van der Waals surface area contributed by atoms with E-state index in [1.54, 1.807) is 32.5 Å². The van der Waals surface area contributed by atoms with E-state index >= 15 is 0 Å². The Morgan fingerprint density at radius 1 is 1.12 bits per heavy atom. The molecule has 0 saturated heterocycles. The van der Waals surface area contributed by atoms with Crippen molar-refractivity contribution in [2.45, 2.75) is 6.92 Å². The predicted molar refractivity (Wildman–Crippen MR) is 99.6 cm³/mol. The zero-order valence-electron chi connectivity index (χ0n) is 14.4. The lowest BCUT2D eigenvalue weighted by atomic mass is 9.97. The number of nitrogens with zero attached hydrogens (tertiary/aromatic N) is 2. The second-order valence-electron chi connectivity index (χ2n) is 5.88. The van der Waals surface area contributed by atoms with E-state index in [1.165, 1.54) is 6.07 Å². The monoisotopic (exact) mass is 371 g/mol. The minimum Gasteiger partial charge on any atom is -0.493 e. The molecule has 0 radical (unpaired) electrons. The van der Waals surface area contributed by atoms with Crippen molar-refractivity contribution in [1.29, 1.82) is 0 Å². The summed E-state index contributed by atoms with van der Waals surface area (Å²) < 4.78 is 24.6. The number of benzene rings is 2. The lowest BCUT2D eigenvalue weighted by Crippen LogP contribution is -1.97. The first-order valence-corrected chi connectivity index (χ1v) is 8.26. The summed E-state index contributed by atoms with van der Waals surface area (Å²) in [6.45, 7) is 1.96. The highest BCUT2D eigenvalue weighted by atomic mass is 35.5. The van der Waals surface area contributed by atoms with Crippen molar-refractivity contribution in [3.8, 4) is 22.8 Å². The van der Waals surface area contributed by atoms with Crippen molar-refractivity contribution in [3.63, 3.8) is 0 Å². The highest BCUT2D eigenvalue weighted by Crippen LogP contribution is 2.42. The smallest absolute Gasteiger partial charge is 0.164 e. The van der Waals surface area contributed by atoms with Crippen molar-refractivity contribution in [2.24, 2.45) is 0 Å². The van der Waals surface area contributed by atoms with E-state index in [0.717, 1.165) is 21.7 Å². The zero-order valence-corrected chi connectivity index (χ0v) is 15.1. The number of aryl methyl sites for hydroxylation is 1. The molecule has 1 N–H and O–H groups in total. The van der Waals surface area contributed by atoms with Crippen LogP contribution in [0.25, 0.3) is 33.1 Å². The molecule has 0 aliphatic carbocycles. The van der Waals surface area contributed by atoms with Gasteiger partial charge in [-0.05, 0) is 31.2 Å². The molecule has 0 bridgehead atoms. The first-order chi connectivity index (χ1) is 12.5. The van der Waals surface area contributed by atoms with E-state index in [0.29, 0.717) is 28.4 Å². The molecule has 0 amide bonds. The van der Waals surface area contributed by atoms with Gasteiger partial charge in [-0.2, -0.15) is 5.10 Å². The Hall–Kier alpha value is -2.86. The Bertz CT molecular complexity index is 1160. The molecule has 2 aromatic carbocycles. The van der Waals surface area contributed by atoms with Crippen LogP contribution in [0.1, 0.15) is 5.56 Å². The molecule has 26 heavy (non-hydrogen) atoms. The Labute approximate surface area is 153 Å². The van der Waals surface area contributed by atoms with Gasteiger partial charge in [0.2, 0.25) is 0 Å². The SMILES string of the molecule is COc1cc2c(-c3ccc(F)c(Cl)c3)nc3[nH]ncc3c2c(C)c1OC. The topological polar surface area (TPSA) is 60.0 Å². The number of pyridine rings is 1. The first kappa shape index (κ1) is 16.6. The summed E-state index contributed by atoms with van der Waals surface area (Å²) in [5.74, 6) is 0.770. The molecule has 132 valence electrons. The summed E-state index contributed by atoms with van der Waals surface area (Å²) in [5.41, 5.74) is 2.89. The molecular weight excluding hydrogens is 357 g/mol. The molecule has 5 nitrogen and oxygen atoms in total. The fraction of sp³-hybridized carbons (Fsp3) is 0.158. The van der Waals surface area contributed by atoms with Crippen LogP contribution in [0.4, 0.5) is 4.39 Å². The highest BCUT2D eigenvalue weighted by molar-refractivity contribution is 6.31. The van der Waals surface area contributed by atoms with Gasteiger partial charge < -0.3 is 9.47 Å². The third-order valence-corrected chi connectivity index (χ3v) is 4.76. The van der Waals surface area contributed by atoms with Gasteiger partial charge in [-0.15, -0.1) is 0 Å². The van der Waals surface area contributed by atoms with Gasteiger partial charge in [-0.3, -0.25) is 5.10 Å². The molecule has 0 aliphatic heterocycles. The Kier molecular flexibility index (Phi) is 3.92. The number of hydrogen-bond acceptors (Lipinski definition) is 4. The van der Waals surface area contributed by atoms with Gasteiger partial charge in [-0.25, -0.2) is 9.37 Å². The Balaban J connectivity index is 2.18. The van der Waals surface area contributed by atoms with Crippen molar-refractivity contribution in [3.05, 3.63) is 46.9 Å². The van der Waals surface area contributed by atoms with Crippen LogP contribution < -0.4 is 9.47 Å². The summed E-state index contributed by atoms with van der Waals surface area (Å²) in [5, 5.41) is 9.71. The van der Waals surface area contributed by atoms with E-state index < -0.39 is 5.82 Å². The minimum absolute atomic E-state index is 0.0411. The van der Waals surface area contributed by atoms with E-state index in [2.05, 4.69) is 15.2 Å². The van der Waals surface area contributed by atoms with Gasteiger partial charge in [0.25, 0.3) is 0 Å². The molecule has 0 unspecified atom stereocenters. The Morgan fingerprint density at radius 3 is 2.62 bits per heavy atom. The van der Waals surface area contributed by atoms with E-state index in [-0.39, 0.29) is 5.02 Å². The van der Waals surface area contributed by atoms with Gasteiger partial charge >= 0.3 is 0 Å². The summed E-state index contributed by atoms with van der Waals surface area (Å²) in [6, 6.07) is 6.41. The molecule has 7 heteroatoms. The molecule has 0 atom stereocenters. The van der Waals surface area contributed by atoms with Crippen LogP contribution in [-0.2, 0) is 0 Å². The lowest BCUT2D eigenvalue weighted by Gasteiger charge is -2.16. The predicted octanol–water partition coefficient (Wildman–Crippen LogP) is 4.90. The van der Waals surface area contributed by atoms with Gasteiger partial charge in [0.15, 0.2) is 17.1 Å². The first-order valence-electron chi connectivity index (χ1n) is 7.89. The number of aromatic nitrogens is 3. The van der Waals surface area contributed by atoms with E-state index in [4.69, 9.17) is 21.1 Å². The number of H-pyrrole nitrogens is 1. The number of ether oxygens (including phenoxy) is 2. The number of halogens is 2. The molecule has 4 aromatic rings. The fourth-order valence-electron chi connectivity index (χ4n) is 3.29. The average molecular weight is 372 g/mol. The van der Waals surface area contributed by atoms with Crippen LogP contribution in [0.5, 0.6) is 11.5 Å². The van der Waals surface area contributed by atoms with Crippen LogP contribution in [-0.4, -0.2) is 29.4 Å². The van der Waals surface area contributed by atoms with Crippen molar-refractivity contribution in [2.75, 3.05) is 14.2 Å². The van der Waals surface area contributed by atoms with Crippen molar-refractivity contribution in [1.82, 2.24) is 15.2 Å². The summed E-state index contributed by atoms with van der Waals surface area (Å²) in [7, 11) is 3.19. The van der Waals surface area contributed by atoms with E-state index in [1.807, 2.05) is 13.0 Å². The van der Waals surface area contributed by atoms with Gasteiger partial charge in [0.1, 0.15) is 5.82 Å². The number of rotatable bonds is 3. The third-order valence-electron chi connectivity index (χ3n) is 4.47. The Morgan fingerprint density at radius 2 is 1.92 bits per heavy atom. The van der Waals surface area contributed by atoms with Gasteiger partial charge in [0, 0.05) is 27.3 Å². The van der Waals surface area contributed by atoms with Crippen LogP contribution in [0.3, 0.4) is 0 Å². The van der Waals surface area contributed by atoms with Crippen molar-refractivity contribution < 1.29 is 13.9 Å². The molecule has 2 aromatic heterocycles. The zero-order chi connectivity index (χ0) is 18.4. The molecule has 0 aliphatic rings. The number of fused-ring (bicyclic) bond motifs is 3. The van der Waals surface area contributed by atoms with Gasteiger partial charge in [0.05, 0.1) is 31.1 Å². The van der Waals surface area contributed by atoms with Gasteiger partial charge in [-0.1, -0.05) is 11.6 Å². The van der Waals surface area contributed by atoms with Crippen molar-refractivity contribution >= 4 is 33.4 Å². The van der Waals surface area contributed by atoms with Crippen LogP contribution in [0.2, 0.25) is 5.02 Å². The highest BCUT2D eigenvalue weighted by Gasteiger charge is 2.19. The van der Waals surface area contributed by atoms with Crippen LogP contribution in [0, 0.1) is 12.7 Å². The quantitative estimate of drug-likeness (QED) is 0.556. The third kappa shape index (κ3) is 2.37. The van der Waals surface area contributed by atoms with Crippen LogP contribution in [0.15, 0.2) is 30.5 Å². The lowest BCUT2D eigenvalue weighted by molar-refractivity contribution is 0.354. The summed E-state index contributed by atoms with van der Waals surface area (Å²) in [4.78, 5) is 4.68. The fourth-order valence-corrected chi connectivity index (χ4v) is 3.47. The maximum absolute atomic E-state index is 13.6. The van der Waals surface area contributed by atoms with E-state index in [9.17, 15) is 4.39 Å². The summed E-state index contributed by atoms with van der Waals surface area (Å²) in [6.07, 6.45) is 1.73. The average Bonchev–Trinajstić information content (AvgIpc) is 3.11. The number of aromatic amines is 1. The second kappa shape index (κ2) is 6.14. The molecule has 0 fully saturated rings. The second-order valence-corrected chi connectivity index (χ2v) is 6.29. The molecule has 0 saturated carbocycles. The number of nitrogens with one attached hydrogen (secondary N) is 1.